The fourth-order valence-electron chi connectivity index (χ4n) is 2.30. The maximum atomic E-state index is 12.3. The summed E-state index contributed by atoms with van der Waals surface area (Å²) in [6.07, 6.45) is 1.85. The molecule has 4 nitrogen and oxygen atoms in total. The van der Waals surface area contributed by atoms with E-state index in [2.05, 4.69) is 4.98 Å². The second-order valence-electron chi connectivity index (χ2n) is 5.04. The Morgan fingerprint density at radius 2 is 1.95 bits per heavy atom. The van der Waals surface area contributed by atoms with Crippen LogP contribution >= 0.6 is 0 Å². The molecule has 0 saturated carbocycles. The highest BCUT2D eigenvalue weighted by Crippen LogP contribution is 2.15. The summed E-state index contributed by atoms with van der Waals surface area (Å²) in [5.41, 5.74) is 4.00. The summed E-state index contributed by atoms with van der Waals surface area (Å²) in [5.74, 6) is -0.354. The van der Waals surface area contributed by atoms with Crippen molar-refractivity contribution >= 4 is 11.6 Å². The molecule has 3 aromatic rings. The van der Waals surface area contributed by atoms with Crippen molar-refractivity contribution in [2.75, 3.05) is 0 Å². The van der Waals surface area contributed by atoms with Crippen molar-refractivity contribution in [3.63, 3.8) is 0 Å². The van der Waals surface area contributed by atoms with Crippen molar-refractivity contribution in [1.29, 1.82) is 0 Å². The van der Waals surface area contributed by atoms with E-state index in [-0.39, 0.29) is 12.6 Å². The topological polar surface area (TPSA) is 43.6 Å². The zero-order valence-corrected chi connectivity index (χ0v) is 12.0. The number of nitrogens with zero attached hydrogens (tertiary/aromatic N) is 2. The van der Waals surface area contributed by atoms with Crippen LogP contribution in [0.1, 0.15) is 27.3 Å². The first-order valence-corrected chi connectivity index (χ1v) is 6.81. The standard InChI is InChI=1S/C17H16N2O2/c1-12-8-9-19-15(10-12)18-13(2)16(19)17(20)21-11-14-6-4-3-5-7-14/h3-10H,11H2,1-2H3. The molecular formula is C17H16N2O2. The van der Waals surface area contributed by atoms with Gasteiger partial charge in [0.15, 0.2) is 5.69 Å². The molecule has 3 rings (SSSR count). The summed E-state index contributed by atoms with van der Waals surface area (Å²) in [6.45, 7) is 4.08. The molecule has 106 valence electrons. The molecule has 0 amide bonds. The van der Waals surface area contributed by atoms with Crippen molar-refractivity contribution in [1.82, 2.24) is 9.38 Å². The van der Waals surface area contributed by atoms with Gasteiger partial charge in [0.05, 0.1) is 5.69 Å². The molecule has 0 aliphatic rings. The van der Waals surface area contributed by atoms with E-state index in [9.17, 15) is 4.79 Å². The zero-order chi connectivity index (χ0) is 14.8. The number of hydrogen-bond donors (Lipinski definition) is 0. The highest BCUT2D eigenvalue weighted by atomic mass is 16.5. The number of imidazole rings is 1. The largest absolute Gasteiger partial charge is 0.456 e. The fraction of sp³-hybridized carbons (Fsp3) is 0.176. The van der Waals surface area contributed by atoms with E-state index in [1.807, 2.05) is 62.5 Å². The number of aromatic nitrogens is 2. The van der Waals surface area contributed by atoms with E-state index >= 15 is 0 Å². The zero-order valence-electron chi connectivity index (χ0n) is 12.0. The molecular weight excluding hydrogens is 264 g/mol. The minimum Gasteiger partial charge on any atom is -0.456 e. The fourth-order valence-corrected chi connectivity index (χ4v) is 2.30. The number of ether oxygens (including phenoxy) is 1. The quantitative estimate of drug-likeness (QED) is 0.691. The van der Waals surface area contributed by atoms with Crippen molar-refractivity contribution in [2.24, 2.45) is 0 Å². The number of carbonyl (C=O) groups is 1. The molecule has 0 N–H and O–H groups in total. The number of benzene rings is 1. The highest BCUT2D eigenvalue weighted by molar-refractivity contribution is 5.90. The van der Waals surface area contributed by atoms with E-state index in [1.54, 1.807) is 4.40 Å². The first-order valence-electron chi connectivity index (χ1n) is 6.81. The van der Waals surface area contributed by atoms with Crippen LogP contribution in [0.2, 0.25) is 0 Å². The summed E-state index contributed by atoms with van der Waals surface area (Å²) in [7, 11) is 0. The Labute approximate surface area is 123 Å². The van der Waals surface area contributed by atoms with Crippen molar-refractivity contribution in [3.05, 3.63) is 71.2 Å². The second-order valence-corrected chi connectivity index (χ2v) is 5.04. The molecule has 21 heavy (non-hydrogen) atoms. The Balaban J connectivity index is 1.86. The van der Waals surface area contributed by atoms with Gasteiger partial charge in [0.2, 0.25) is 0 Å². The number of hydrogen-bond acceptors (Lipinski definition) is 3. The first-order chi connectivity index (χ1) is 10.1. The lowest BCUT2D eigenvalue weighted by Gasteiger charge is -2.06. The number of rotatable bonds is 3. The highest BCUT2D eigenvalue weighted by Gasteiger charge is 2.18. The van der Waals surface area contributed by atoms with Crippen LogP contribution in [0.5, 0.6) is 0 Å². The molecule has 1 aromatic carbocycles. The van der Waals surface area contributed by atoms with Gasteiger partial charge in [-0.05, 0) is 37.1 Å². The van der Waals surface area contributed by atoms with E-state index in [4.69, 9.17) is 4.74 Å². The summed E-state index contributed by atoms with van der Waals surface area (Å²) in [4.78, 5) is 16.7. The van der Waals surface area contributed by atoms with Gasteiger partial charge in [-0.25, -0.2) is 9.78 Å². The van der Waals surface area contributed by atoms with Gasteiger partial charge in [-0.15, -0.1) is 0 Å². The summed E-state index contributed by atoms with van der Waals surface area (Å²) in [6, 6.07) is 13.5. The van der Waals surface area contributed by atoms with E-state index in [0.717, 1.165) is 16.8 Å². The van der Waals surface area contributed by atoms with Crippen LogP contribution in [0.4, 0.5) is 0 Å². The van der Waals surface area contributed by atoms with Crippen molar-refractivity contribution in [3.8, 4) is 0 Å². The maximum absolute atomic E-state index is 12.3. The Kier molecular flexibility index (Phi) is 3.44. The molecule has 2 heterocycles. The molecule has 0 unspecified atom stereocenters. The number of carbonyl (C=O) groups excluding carboxylic acids is 1. The SMILES string of the molecule is Cc1ccn2c(C(=O)OCc3ccccc3)c(C)nc2c1. The smallest absolute Gasteiger partial charge is 0.357 e. The normalized spacial score (nSPS) is 10.8. The van der Waals surface area contributed by atoms with Crippen LogP contribution < -0.4 is 0 Å². The lowest BCUT2D eigenvalue weighted by Crippen LogP contribution is -2.09. The summed E-state index contributed by atoms with van der Waals surface area (Å²) >= 11 is 0. The van der Waals surface area contributed by atoms with E-state index in [1.165, 1.54) is 0 Å². The van der Waals surface area contributed by atoms with Gasteiger partial charge >= 0.3 is 5.97 Å². The van der Waals surface area contributed by atoms with Gasteiger partial charge in [-0.2, -0.15) is 0 Å². The Morgan fingerprint density at radius 3 is 2.71 bits per heavy atom. The third-order valence-electron chi connectivity index (χ3n) is 3.36. The van der Waals surface area contributed by atoms with Gasteiger partial charge in [0.1, 0.15) is 12.3 Å². The predicted molar refractivity (Wildman–Crippen MR) is 80.2 cm³/mol. The number of esters is 1. The Hall–Kier alpha value is -2.62. The summed E-state index contributed by atoms with van der Waals surface area (Å²) < 4.78 is 7.17. The van der Waals surface area contributed by atoms with E-state index < -0.39 is 0 Å². The van der Waals surface area contributed by atoms with E-state index in [0.29, 0.717) is 11.4 Å². The maximum Gasteiger partial charge on any atom is 0.357 e. The van der Waals surface area contributed by atoms with Crippen LogP contribution in [-0.4, -0.2) is 15.4 Å². The Bertz CT molecular complexity index is 791. The monoisotopic (exact) mass is 280 g/mol. The lowest BCUT2D eigenvalue weighted by molar-refractivity contribution is 0.0463. The minimum atomic E-state index is -0.354. The molecule has 0 bridgehead atoms. The lowest BCUT2D eigenvalue weighted by atomic mass is 10.2. The third kappa shape index (κ3) is 2.65. The second kappa shape index (κ2) is 5.40. The van der Waals surface area contributed by atoms with Crippen LogP contribution in [0.25, 0.3) is 5.65 Å². The first kappa shape index (κ1) is 13.4. The van der Waals surface area contributed by atoms with Crippen molar-refractivity contribution < 1.29 is 9.53 Å². The van der Waals surface area contributed by atoms with Crippen LogP contribution in [-0.2, 0) is 11.3 Å². The molecule has 4 heteroatoms. The molecule has 0 aliphatic carbocycles. The molecule has 0 atom stereocenters. The number of aryl methyl sites for hydroxylation is 2. The van der Waals surface area contributed by atoms with Crippen LogP contribution in [0.15, 0.2) is 48.7 Å². The van der Waals surface area contributed by atoms with Gasteiger partial charge in [0.25, 0.3) is 0 Å². The van der Waals surface area contributed by atoms with Gasteiger partial charge in [0, 0.05) is 6.20 Å². The number of pyridine rings is 1. The van der Waals surface area contributed by atoms with Gasteiger partial charge in [-0.1, -0.05) is 30.3 Å². The molecule has 0 saturated heterocycles. The number of fused-ring (bicyclic) bond motifs is 1. The summed E-state index contributed by atoms with van der Waals surface area (Å²) in [5, 5.41) is 0. The van der Waals surface area contributed by atoms with Gasteiger partial charge in [-0.3, -0.25) is 4.40 Å². The minimum absolute atomic E-state index is 0.262. The molecule has 0 spiro atoms. The van der Waals surface area contributed by atoms with Crippen LogP contribution in [0.3, 0.4) is 0 Å². The van der Waals surface area contributed by atoms with Gasteiger partial charge < -0.3 is 4.74 Å². The molecule has 2 aromatic heterocycles. The molecule has 0 aliphatic heterocycles. The van der Waals surface area contributed by atoms with Crippen LogP contribution in [0, 0.1) is 13.8 Å². The predicted octanol–water partition coefficient (Wildman–Crippen LogP) is 3.31. The average molecular weight is 280 g/mol. The van der Waals surface area contributed by atoms with Crippen molar-refractivity contribution in [2.45, 2.75) is 20.5 Å². The molecule has 0 radical (unpaired) electrons. The third-order valence-corrected chi connectivity index (χ3v) is 3.36. The molecule has 0 fully saturated rings. The Morgan fingerprint density at radius 1 is 1.19 bits per heavy atom. The average Bonchev–Trinajstić information content (AvgIpc) is 2.81.